The average molecular weight is 301 g/mol. The SMILES string of the molecule is CN1CCC(C)(CNCc2ccc(Cl)c(Cl)c2)CC1. The molecule has 0 spiro atoms. The van der Waals surface area contributed by atoms with E-state index in [4.69, 9.17) is 23.2 Å². The van der Waals surface area contributed by atoms with Gasteiger partial charge in [0.25, 0.3) is 0 Å². The third-order valence-electron chi connectivity index (χ3n) is 4.06. The Balaban J connectivity index is 1.81. The molecule has 4 heteroatoms. The zero-order valence-electron chi connectivity index (χ0n) is 11.7. The number of hydrogen-bond acceptors (Lipinski definition) is 2. The monoisotopic (exact) mass is 300 g/mol. The molecule has 106 valence electrons. The number of nitrogens with one attached hydrogen (secondary N) is 1. The van der Waals surface area contributed by atoms with E-state index in [1.54, 1.807) is 0 Å². The summed E-state index contributed by atoms with van der Waals surface area (Å²) < 4.78 is 0. The molecule has 1 aromatic rings. The quantitative estimate of drug-likeness (QED) is 0.909. The Morgan fingerprint density at radius 3 is 2.53 bits per heavy atom. The molecule has 0 saturated carbocycles. The topological polar surface area (TPSA) is 15.3 Å². The first-order valence-electron chi connectivity index (χ1n) is 6.82. The van der Waals surface area contributed by atoms with Gasteiger partial charge in [0.15, 0.2) is 0 Å². The van der Waals surface area contributed by atoms with Crippen LogP contribution in [-0.2, 0) is 6.54 Å². The average Bonchev–Trinajstić information content (AvgIpc) is 2.38. The van der Waals surface area contributed by atoms with Crippen LogP contribution < -0.4 is 5.32 Å². The summed E-state index contributed by atoms with van der Waals surface area (Å²) in [7, 11) is 2.20. The standard InChI is InChI=1S/C15H22Cl2N2/c1-15(5-7-19(2)8-6-15)11-18-10-12-3-4-13(16)14(17)9-12/h3-4,9,18H,5-8,10-11H2,1-2H3. The smallest absolute Gasteiger partial charge is 0.0595 e. The fourth-order valence-electron chi connectivity index (χ4n) is 2.49. The molecule has 0 radical (unpaired) electrons. The first kappa shape index (κ1) is 15.1. The number of piperidine rings is 1. The van der Waals surface area contributed by atoms with Crippen molar-refractivity contribution in [3.05, 3.63) is 33.8 Å². The van der Waals surface area contributed by atoms with Gasteiger partial charge in [0.2, 0.25) is 0 Å². The predicted molar refractivity (Wildman–Crippen MR) is 83.0 cm³/mol. The lowest BCUT2D eigenvalue weighted by atomic mass is 9.80. The summed E-state index contributed by atoms with van der Waals surface area (Å²) in [6.07, 6.45) is 2.52. The molecule has 1 fully saturated rings. The summed E-state index contributed by atoms with van der Waals surface area (Å²) in [6.45, 7) is 6.68. The maximum atomic E-state index is 6.02. The highest BCUT2D eigenvalue weighted by Gasteiger charge is 2.28. The Morgan fingerprint density at radius 2 is 1.89 bits per heavy atom. The summed E-state index contributed by atoms with van der Waals surface area (Å²) in [5, 5.41) is 4.80. The molecule has 0 amide bonds. The van der Waals surface area contributed by atoms with Crippen LogP contribution in [0.25, 0.3) is 0 Å². The molecule has 19 heavy (non-hydrogen) atoms. The highest BCUT2D eigenvalue weighted by atomic mass is 35.5. The number of nitrogens with zero attached hydrogens (tertiary/aromatic N) is 1. The van der Waals surface area contributed by atoms with Crippen LogP contribution in [0.5, 0.6) is 0 Å². The van der Waals surface area contributed by atoms with Gasteiger partial charge in [-0.2, -0.15) is 0 Å². The third kappa shape index (κ3) is 4.35. The molecule has 1 heterocycles. The van der Waals surface area contributed by atoms with E-state index in [1.165, 1.54) is 31.5 Å². The van der Waals surface area contributed by atoms with Gasteiger partial charge in [0.1, 0.15) is 0 Å². The van der Waals surface area contributed by atoms with Crippen molar-refractivity contribution in [3.8, 4) is 0 Å². The second-order valence-corrected chi connectivity index (χ2v) is 6.78. The van der Waals surface area contributed by atoms with Gasteiger partial charge < -0.3 is 10.2 Å². The molecule has 1 N–H and O–H groups in total. The van der Waals surface area contributed by atoms with E-state index in [-0.39, 0.29) is 0 Å². The molecule has 0 bridgehead atoms. The van der Waals surface area contributed by atoms with Crippen molar-refractivity contribution in [2.24, 2.45) is 5.41 Å². The summed E-state index contributed by atoms with van der Waals surface area (Å²) in [4.78, 5) is 2.40. The largest absolute Gasteiger partial charge is 0.312 e. The molecule has 1 saturated heterocycles. The number of benzene rings is 1. The molecule has 0 aliphatic carbocycles. The van der Waals surface area contributed by atoms with Gasteiger partial charge in [-0.1, -0.05) is 36.2 Å². The van der Waals surface area contributed by atoms with Gasteiger partial charge in [-0.25, -0.2) is 0 Å². The molecule has 1 aromatic carbocycles. The Bertz CT molecular complexity index is 426. The lowest BCUT2D eigenvalue weighted by Gasteiger charge is -2.38. The molecular formula is C15H22Cl2N2. The molecule has 2 rings (SSSR count). The second kappa shape index (κ2) is 6.45. The summed E-state index contributed by atoms with van der Waals surface area (Å²) in [6, 6.07) is 5.82. The van der Waals surface area contributed by atoms with Crippen molar-refractivity contribution >= 4 is 23.2 Å². The van der Waals surface area contributed by atoms with E-state index in [2.05, 4.69) is 24.2 Å². The Morgan fingerprint density at radius 1 is 1.21 bits per heavy atom. The van der Waals surface area contributed by atoms with Gasteiger partial charge in [0, 0.05) is 13.1 Å². The minimum atomic E-state index is 0.419. The lowest BCUT2D eigenvalue weighted by Crippen LogP contribution is -2.41. The summed E-state index contributed by atoms with van der Waals surface area (Å²) in [5.74, 6) is 0. The fraction of sp³-hybridized carbons (Fsp3) is 0.600. The van der Waals surface area contributed by atoms with Crippen LogP contribution in [0.1, 0.15) is 25.3 Å². The van der Waals surface area contributed by atoms with E-state index in [0.717, 1.165) is 13.1 Å². The number of rotatable bonds is 4. The minimum absolute atomic E-state index is 0.419. The fourth-order valence-corrected chi connectivity index (χ4v) is 2.81. The van der Waals surface area contributed by atoms with Crippen LogP contribution in [-0.4, -0.2) is 31.6 Å². The summed E-state index contributed by atoms with van der Waals surface area (Å²) >= 11 is 11.9. The third-order valence-corrected chi connectivity index (χ3v) is 4.80. The highest BCUT2D eigenvalue weighted by Crippen LogP contribution is 2.29. The van der Waals surface area contributed by atoms with Gasteiger partial charge in [-0.05, 0) is 56.1 Å². The Hall–Kier alpha value is -0.280. The van der Waals surface area contributed by atoms with Crippen LogP contribution in [0, 0.1) is 5.41 Å². The number of likely N-dealkylation sites (tertiary alicyclic amines) is 1. The molecule has 0 aromatic heterocycles. The summed E-state index contributed by atoms with van der Waals surface area (Å²) in [5.41, 5.74) is 1.61. The van der Waals surface area contributed by atoms with Crippen molar-refractivity contribution in [3.63, 3.8) is 0 Å². The zero-order valence-corrected chi connectivity index (χ0v) is 13.2. The minimum Gasteiger partial charge on any atom is -0.312 e. The van der Waals surface area contributed by atoms with Crippen molar-refractivity contribution in [2.45, 2.75) is 26.3 Å². The zero-order chi connectivity index (χ0) is 13.9. The van der Waals surface area contributed by atoms with Crippen molar-refractivity contribution in [2.75, 3.05) is 26.7 Å². The van der Waals surface area contributed by atoms with Crippen LogP contribution >= 0.6 is 23.2 Å². The van der Waals surface area contributed by atoms with Crippen molar-refractivity contribution < 1.29 is 0 Å². The maximum Gasteiger partial charge on any atom is 0.0595 e. The van der Waals surface area contributed by atoms with Gasteiger partial charge in [0.05, 0.1) is 10.0 Å². The maximum absolute atomic E-state index is 6.02. The van der Waals surface area contributed by atoms with E-state index in [0.29, 0.717) is 15.5 Å². The number of hydrogen-bond donors (Lipinski definition) is 1. The highest BCUT2D eigenvalue weighted by molar-refractivity contribution is 6.42. The van der Waals surface area contributed by atoms with Crippen LogP contribution in [0.4, 0.5) is 0 Å². The molecule has 0 atom stereocenters. The van der Waals surface area contributed by atoms with E-state index < -0.39 is 0 Å². The molecule has 1 aliphatic rings. The molecule has 2 nitrogen and oxygen atoms in total. The second-order valence-electron chi connectivity index (χ2n) is 5.97. The number of halogens is 2. The van der Waals surface area contributed by atoms with E-state index in [9.17, 15) is 0 Å². The van der Waals surface area contributed by atoms with Crippen LogP contribution in [0.3, 0.4) is 0 Å². The molecular weight excluding hydrogens is 279 g/mol. The van der Waals surface area contributed by atoms with Crippen molar-refractivity contribution in [1.82, 2.24) is 10.2 Å². The normalized spacial score (nSPS) is 19.6. The lowest BCUT2D eigenvalue weighted by molar-refractivity contribution is 0.137. The van der Waals surface area contributed by atoms with Crippen molar-refractivity contribution in [1.29, 1.82) is 0 Å². The first-order chi connectivity index (χ1) is 8.98. The van der Waals surface area contributed by atoms with E-state index >= 15 is 0 Å². The molecule has 1 aliphatic heterocycles. The predicted octanol–water partition coefficient (Wildman–Crippen LogP) is 3.81. The van der Waals surface area contributed by atoms with Crippen LogP contribution in [0.15, 0.2) is 18.2 Å². The van der Waals surface area contributed by atoms with E-state index in [1.807, 2.05) is 18.2 Å². The molecule has 0 unspecified atom stereocenters. The van der Waals surface area contributed by atoms with Gasteiger partial charge in [-0.15, -0.1) is 0 Å². The first-order valence-corrected chi connectivity index (χ1v) is 7.57. The Kier molecular flexibility index (Phi) is 5.13. The van der Waals surface area contributed by atoms with Crippen LogP contribution in [0.2, 0.25) is 10.0 Å². The Labute approximate surface area is 126 Å². The van der Waals surface area contributed by atoms with Gasteiger partial charge in [-0.3, -0.25) is 0 Å². The van der Waals surface area contributed by atoms with Gasteiger partial charge >= 0.3 is 0 Å².